The van der Waals surface area contributed by atoms with Crippen molar-refractivity contribution in [2.45, 2.75) is 19.0 Å². The summed E-state index contributed by atoms with van der Waals surface area (Å²) in [4.78, 5) is 25.5. The Morgan fingerprint density at radius 2 is 1.75 bits per heavy atom. The van der Waals surface area contributed by atoms with Crippen molar-refractivity contribution in [2.24, 2.45) is 0 Å². The summed E-state index contributed by atoms with van der Waals surface area (Å²) in [6, 6.07) is 7.00. The summed E-state index contributed by atoms with van der Waals surface area (Å²) in [6.45, 7) is 0.873. The monoisotopic (exact) mass is 216 g/mol. The van der Waals surface area contributed by atoms with E-state index >= 15 is 0 Å². The normalized spacial score (nSPS) is 24.0. The highest BCUT2D eigenvalue weighted by molar-refractivity contribution is 6.21. The number of hydrogen-bond acceptors (Lipinski definition) is 3. The van der Waals surface area contributed by atoms with E-state index in [9.17, 15) is 9.59 Å². The fourth-order valence-corrected chi connectivity index (χ4v) is 2.38. The van der Waals surface area contributed by atoms with Crippen molar-refractivity contribution in [1.82, 2.24) is 10.2 Å². The summed E-state index contributed by atoms with van der Waals surface area (Å²) < 4.78 is 0. The minimum atomic E-state index is -0.167. The fraction of sp³-hybridized carbons (Fsp3) is 0.333. The standard InChI is InChI=1S/C12H12N2O2/c15-11-8-4-1-2-5-9(8)12(16)14(11)10-6-3-7-13-10/h1-2,4-5,10,13H,3,6-7H2. The molecule has 2 aliphatic rings. The summed E-state index contributed by atoms with van der Waals surface area (Å²) in [6.07, 6.45) is 1.75. The van der Waals surface area contributed by atoms with Gasteiger partial charge in [0, 0.05) is 0 Å². The highest BCUT2D eigenvalue weighted by atomic mass is 16.2. The van der Waals surface area contributed by atoms with E-state index in [0.29, 0.717) is 11.1 Å². The molecule has 0 aliphatic carbocycles. The van der Waals surface area contributed by atoms with E-state index in [2.05, 4.69) is 5.32 Å². The van der Waals surface area contributed by atoms with Crippen LogP contribution in [0.15, 0.2) is 24.3 Å². The molecule has 16 heavy (non-hydrogen) atoms. The number of nitrogens with one attached hydrogen (secondary N) is 1. The Kier molecular flexibility index (Phi) is 2.04. The lowest BCUT2D eigenvalue weighted by atomic mass is 10.1. The Morgan fingerprint density at radius 3 is 2.25 bits per heavy atom. The first-order valence-corrected chi connectivity index (χ1v) is 5.49. The number of carbonyl (C=O) groups is 2. The second kappa shape index (κ2) is 3.42. The van der Waals surface area contributed by atoms with Crippen LogP contribution < -0.4 is 5.32 Å². The molecule has 1 aromatic carbocycles. The van der Waals surface area contributed by atoms with Crippen LogP contribution in [-0.4, -0.2) is 29.4 Å². The van der Waals surface area contributed by atoms with Crippen molar-refractivity contribution < 1.29 is 9.59 Å². The number of hydrogen-bond donors (Lipinski definition) is 1. The van der Waals surface area contributed by atoms with Crippen molar-refractivity contribution in [3.8, 4) is 0 Å². The van der Waals surface area contributed by atoms with Gasteiger partial charge in [0.1, 0.15) is 0 Å². The lowest BCUT2D eigenvalue weighted by Crippen LogP contribution is -2.45. The second-order valence-corrected chi connectivity index (χ2v) is 4.14. The van der Waals surface area contributed by atoms with Crippen LogP contribution in [0.4, 0.5) is 0 Å². The Bertz CT molecular complexity index is 429. The molecule has 2 aliphatic heterocycles. The molecular formula is C12H12N2O2. The lowest BCUT2D eigenvalue weighted by Gasteiger charge is -2.21. The lowest BCUT2D eigenvalue weighted by molar-refractivity contribution is 0.0570. The van der Waals surface area contributed by atoms with Crippen molar-refractivity contribution >= 4 is 11.8 Å². The van der Waals surface area contributed by atoms with Crippen LogP contribution in [0.3, 0.4) is 0 Å². The fourth-order valence-electron chi connectivity index (χ4n) is 2.38. The summed E-state index contributed by atoms with van der Waals surface area (Å²) in [7, 11) is 0. The third-order valence-corrected chi connectivity index (χ3v) is 3.17. The van der Waals surface area contributed by atoms with Crippen LogP contribution >= 0.6 is 0 Å². The zero-order valence-corrected chi connectivity index (χ0v) is 8.77. The smallest absolute Gasteiger partial charge is 0.262 e. The van der Waals surface area contributed by atoms with Crippen LogP contribution in [0.1, 0.15) is 33.6 Å². The molecule has 4 heteroatoms. The highest BCUT2D eigenvalue weighted by Crippen LogP contribution is 2.26. The molecule has 1 N–H and O–H groups in total. The number of benzene rings is 1. The zero-order chi connectivity index (χ0) is 11.1. The number of carbonyl (C=O) groups excluding carboxylic acids is 2. The third-order valence-electron chi connectivity index (χ3n) is 3.17. The molecule has 0 saturated carbocycles. The van der Waals surface area contributed by atoms with E-state index < -0.39 is 0 Å². The number of fused-ring (bicyclic) bond motifs is 1. The van der Waals surface area contributed by atoms with Crippen molar-refractivity contribution in [3.63, 3.8) is 0 Å². The maximum Gasteiger partial charge on any atom is 0.262 e. The average molecular weight is 216 g/mol. The van der Waals surface area contributed by atoms with Gasteiger partial charge < -0.3 is 0 Å². The van der Waals surface area contributed by atoms with Gasteiger partial charge in [0.2, 0.25) is 0 Å². The topological polar surface area (TPSA) is 49.4 Å². The van der Waals surface area contributed by atoms with Crippen LogP contribution in [0.2, 0.25) is 0 Å². The summed E-state index contributed by atoms with van der Waals surface area (Å²) >= 11 is 0. The number of nitrogens with zero attached hydrogens (tertiary/aromatic N) is 1. The number of imide groups is 1. The molecular weight excluding hydrogens is 204 g/mol. The molecule has 1 aromatic rings. The third kappa shape index (κ3) is 1.20. The van der Waals surface area contributed by atoms with Crippen molar-refractivity contribution in [2.75, 3.05) is 6.54 Å². The predicted octanol–water partition coefficient (Wildman–Crippen LogP) is 0.992. The Morgan fingerprint density at radius 1 is 1.12 bits per heavy atom. The minimum absolute atomic E-state index is 0.118. The van der Waals surface area contributed by atoms with Gasteiger partial charge in [-0.15, -0.1) is 0 Å². The van der Waals surface area contributed by atoms with Gasteiger partial charge >= 0.3 is 0 Å². The Balaban J connectivity index is 2.00. The maximum atomic E-state index is 12.1. The Labute approximate surface area is 93.2 Å². The molecule has 2 heterocycles. The second-order valence-electron chi connectivity index (χ2n) is 4.14. The van der Waals surface area contributed by atoms with E-state index in [1.807, 2.05) is 0 Å². The molecule has 0 bridgehead atoms. The summed E-state index contributed by atoms with van der Waals surface area (Å²) in [5.41, 5.74) is 1.06. The maximum absolute atomic E-state index is 12.1. The predicted molar refractivity (Wildman–Crippen MR) is 58.0 cm³/mol. The number of rotatable bonds is 1. The zero-order valence-electron chi connectivity index (χ0n) is 8.77. The largest absolute Gasteiger partial charge is 0.297 e. The summed E-state index contributed by atoms with van der Waals surface area (Å²) in [5, 5.41) is 3.18. The van der Waals surface area contributed by atoms with Gasteiger partial charge in [-0.3, -0.25) is 19.8 Å². The van der Waals surface area contributed by atoms with Gasteiger partial charge in [0.25, 0.3) is 11.8 Å². The molecule has 0 radical (unpaired) electrons. The van der Waals surface area contributed by atoms with E-state index in [-0.39, 0.29) is 18.0 Å². The van der Waals surface area contributed by atoms with Gasteiger partial charge in [-0.05, 0) is 31.5 Å². The van der Waals surface area contributed by atoms with Crippen LogP contribution in [-0.2, 0) is 0 Å². The molecule has 1 atom stereocenters. The van der Waals surface area contributed by atoms with Crippen LogP contribution in [0.25, 0.3) is 0 Å². The molecule has 1 unspecified atom stereocenters. The van der Waals surface area contributed by atoms with E-state index in [1.165, 1.54) is 4.90 Å². The van der Waals surface area contributed by atoms with Gasteiger partial charge in [-0.1, -0.05) is 12.1 Å². The first kappa shape index (κ1) is 9.54. The van der Waals surface area contributed by atoms with Crippen LogP contribution in [0.5, 0.6) is 0 Å². The van der Waals surface area contributed by atoms with E-state index in [4.69, 9.17) is 0 Å². The molecule has 1 fully saturated rings. The molecule has 0 aromatic heterocycles. The molecule has 3 rings (SSSR count). The number of amides is 2. The van der Waals surface area contributed by atoms with Crippen molar-refractivity contribution in [3.05, 3.63) is 35.4 Å². The van der Waals surface area contributed by atoms with Gasteiger partial charge in [0.05, 0.1) is 17.3 Å². The van der Waals surface area contributed by atoms with Gasteiger partial charge in [-0.2, -0.15) is 0 Å². The molecule has 4 nitrogen and oxygen atoms in total. The van der Waals surface area contributed by atoms with Crippen molar-refractivity contribution in [1.29, 1.82) is 0 Å². The highest BCUT2D eigenvalue weighted by Gasteiger charge is 2.40. The van der Waals surface area contributed by atoms with Gasteiger partial charge in [-0.25, -0.2) is 0 Å². The van der Waals surface area contributed by atoms with Crippen LogP contribution in [0, 0.1) is 0 Å². The first-order valence-electron chi connectivity index (χ1n) is 5.49. The summed E-state index contributed by atoms with van der Waals surface area (Å²) in [5.74, 6) is -0.333. The molecule has 2 amide bonds. The molecule has 0 spiro atoms. The SMILES string of the molecule is O=C1c2ccccc2C(=O)N1C1CCCN1. The first-order chi connectivity index (χ1) is 7.79. The Hall–Kier alpha value is -1.68. The molecule has 82 valence electrons. The van der Waals surface area contributed by atoms with E-state index in [0.717, 1.165) is 19.4 Å². The average Bonchev–Trinajstić information content (AvgIpc) is 2.89. The quantitative estimate of drug-likeness (QED) is 0.712. The minimum Gasteiger partial charge on any atom is -0.297 e. The van der Waals surface area contributed by atoms with Gasteiger partial charge in [0.15, 0.2) is 0 Å². The molecule has 1 saturated heterocycles. The van der Waals surface area contributed by atoms with E-state index in [1.54, 1.807) is 24.3 Å².